The fourth-order valence-electron chi connectivity index (χ4n) is 5.78. The molecule has 1 N–H and O–H groups in total. The molecular formula is C36H47F2N3. The summed E-state index contributed by atoms with van der Waals surface area (Å²) >= 11 is 0. The number of piperazine rings is 1. The highest BCUT2D eigenvalue weighted by atomic mass is 19.3. The molecule has 220 valence electrons. The summed E-state index contributed by atoms with van der Waals surface area (Å²) in [6.45, 7) is 22.0. The predicted molar refractivity (Wildman–Crippen MR) is 173 cm³/mol. The first-order chi connectivity index (χ1) is 19.7. The molecule has 1 fully saturated rings. The van der Waals surface area contributed by atoms with E-state index in [-0.39, 0.29) is 5.56 Å². The number of aryl methyl sites for hydroxylation is 1. The van der Waals surface area contributed by atoms with Crippen LogP contribution in [-0.2, 0) is 25.2 Å². The first-order valence-electron chi connectivity index (χ1n) is 14.8. The number of rotatable bonds is 7. The molecule has 5 heteroatoms. The number of halogens is 2. The van der Waals surface area contributed by atoms with Gasteiger partial charge in [-0.05, 0) is 66.3 Å². The van der Waals surface area contributed by atoms with Crippen LogP contribution in [0.4, 0.5) is 14.5 Å². The lowest BCUT2D eigenvalue weighted by molar-refractivity contribution is 0.0175. The standard InChI is InChI=1S/C32H37F2N3.C2H6.C2H4/c1-5-23-7-6-8-30(31(23)24-9-12-27(13-10-24)32(3,33)34)22(2)35-28-14-11-25-20-29(21-26(25)19-28)37-17-15-36(4)16-18-37;2*1-2/h6-14,19,29,35H,2,5,15-18,20-21H2,1,3-4H3;1-2H3;1-2H2. The molecule has 3 aromatic carbocycles. The summed E-state index contributed by atoms with van der Waals surface area (Å²) in [5, 5.41) is 3.55. The number of likely N-dealkylation sites (N-methyl/N-ethyl adjacent to an activating group) is 1. The van der Waals surface area contributed by atoms with Crippen molar-refractivity contribution in [1.82, 2.24) is 9.80 Å². The number of anilines is 1. The Morgan fingerprint density at radius 1 is 0.927 bits per heavy atom. The highest BCUT2D eigenvalue weighted by molar-refractivity contribution is 5.87. The van der Waals surface area contributed by atoms with Crippen molar-refractivity contribution in [3.05, 3.63) is 108 Å². The molecule has 1 unspecified atom stereocenters. The van der Waals surface area contributed by atoms with Crippen LogP contribution >= 0.6 is 0 Å². The molecule has 1 saturated heterocycles. The molecule has 0 spiro atoms. The first kappa shape index (κ1) is 32.2. The Morgan fingerprint density at radius 2 is 1.56 bits per heavy atom. The smallest absolute Gasteiger partial charge is 0.270 e. The van der Waals surface area contributed by atoms with Crippen LogP contribution in [0.1, 0.15) is 55.5 Å². The van der Waals surface area contributed by atoms with Gasteiger partial charge in [0.15, 0.2) is 0 Å². The SMILES string of the molecule is C=C.C=C(Nc1ccc2c(c1)CC(N1CCN(C)CC1)C2)c1cccc(CC)c1-c1ccc(C(C)(F)F)cc1.CC. The lowest BCUT2D eigenvalue weighted by atomic mass is 9.91. The van der Waals surface area contributed by atoms with Gasteiger partial charge in [-0.2, -0.15) is 0 Å². The third-order valence-corrected chi connectivity index (χ3v) is 8.00. The van der Waals surface area contributed by atoms with Gasteiger partial charge in [-0.3, -0.25) is 4.90 Å². The highest BCUT2D eigenvalue weighted by Crippen LogP contribution is 2.36. The van der Waals surface area contributed by atoms with E-state index in [1.54, 1.807) is 12.1 Å². The Morgan fingerprint density at radius 3 is 2.17 bits per heavy atom. The van der Waals surface area contributed by atoms with Gasteiger partial charge in [-0.25, -0.2) is 8.78 Å². The van der Waals surface area contributed by atoms with Crippen LogP contribution in [-0.4, -0.2) is 49.1 Å². The van der Waals surface area contributed by atoms with Gasteiger partial charge in [0, 0.05) is 61.7 Å². The topological polar surface area (TPSA) is 18.5 Å². The van der Waals surface area contributed by atoms with E-state index < -0.39 is 5.92 Å². The fraction of sp³-hybridized carbons (Fsp3) is 0.389. The van der Waals surface area contributed by atoms with E-state index >= 15 is 0 Å². The molecule has 1 heterocycles. The van der Waals surface area contributed by atoms with Crippen LogP contribution in [0, 0.1) is 0 Å². The van der Waals surface area contributed by atoms with E-state index in [4.69, 9.17) is 0 Å². The summed E-state index contributed by atoms with van der Waals surface area (Å²) in [5.41, 5.74) is 8.86. The quantitative estimate of drug-likeness (QED) is 0.292. The summed E-state index contributed by atoms with van der Waals surface area (Å²) < 4.78 is 27.6. The zero-order valence-corrected chi connectivity index (χ0v) is 25.6. The number of hydrogen-bond acceptors (Lipinski definition) is 3. The molecule has 0 aromatic heterocycles. The number of hydrogen-bond donors (Lipinski definition) is 1. The summed E-state index contributed by atoms with van der Waals surface area (Å²) in [6.07, 6.45) is 3.05. The Kier molecular flexibility index (Phi) is 11.5. The molecule has 41 heavy (non-hydrogen) atoms. The van der Waals surface area contributed by atoms with Crippen LogP contribution in [0.25, 0.3) is 16.8 Å². The van der Waals surface area contributed by atoms with E-state index in [9.17, 15) is 8.78 Å². The fourth-order valence-corrected chi connectivity index (χ4v) is 5.78. The van der Waals surface area contributed by atoms with Gasteiger partial charge >= 0.3 is 0 Å². The number of nitrogens with zero attached hydrogens (tertiary/aromatic N) is 2. The zero-order valence-electron chi connectivity index (χ0n) is 25.6. The lowest BCUT2D eigenvalue weighted by Gasteiger charge is -2.36. The average Bonchev–Trinajstić information content (AvgIpc) is 3.42. The summed E-state index contributed by atoms with van der Waals surface area (Å²) in [5.74, 6) is -2.85. The molecule has 3 nitrogen and oxygen atoms in total. The van der Waals surface area contributed by atoms with Crippen molar-refractivity contribution in [3.63, 3.8) is 0 Å². The maximum atomic E-state index is 13.8. The number of nitrogens with one attached hydrogen (secondary N) is 1. The summed E-state index contributed by atoms with van der Waals surface area (Å²) in [4.78, 5) is 5.05. The highest BCUT2D eigenvalue weighted by Gasteiger charge is 2.29. The molecule has 1 atom stereocenters. The van der Waals surface area contributed by atoms with Crippen LogP contribution in [0.3, 0.4) is 0 Å². The third-order valence-electron chi connectivity index (χ3n) is 8.00. The van der Waals surface area contributed by atoms with E-state index in [0.717, 1.165) is 80.4 Å². The minimum absolute atomic E-state index is 0.0248. The second kappa shape index (κ2) is 14.6. The third kappa shape index (κ3) is 7.72. The van der Waals surface area contributed by atoms with E-state index in [0.29, 0.717) is 6.04 Å². The monoisotopic (exact) mass is 559 g/mol. The van der Waals surface area contributed by atoms with Crippen molar-refractivity contribution < 1.29 is 8.78 Å². The molecule has 0 amide bonds. The van der Waals surface area contributed by atoms with Crippen molar-refractivity contribution in [3.8, 4) is 11.1 Å². The first-order valence-corrected chi connectivity index (χ1v) is 14.8. The van der Waals surface area contributed by atoms with Gasteiger partial charge in [0.1, 0.15) is 0 Å². The van der Waals surface area contributed by atoms with Crippen LogP contribution < -0.4 is 5.32 Å². The number of benzene rings is 3. The normalized spacial score (nSPS) is 17.0. The molecule has 1 aliphatic heterocycles. The lowest BCUT2D eigenvalue weighted by Crippen LogP contribution is -2.49. The van der Waals surface area contributed by atoms with Gasteiger partial charge in [-0.15, -0.1) is 13.2 Å². The van der Waals surface area contributed by atoms with Crippen molar-refractivity contribution in [1.29, 1.82) is 0 Å². The maximum absolute atomic E-state index is 13.8. The Balaban J connectivity index is 0.00000111. The van der Waals surface area contributed by atoms with Crippen LogP contribution in [0.2, 0.25) is 0 Å². The van der Waals surface area contributed by atoms with Gasteiger partial charge in [0.2, 0.25) is 0 Å². The van der Waals surface area contributed by atoms with Crippen LogP contribution in [0.15, 0.2) is 80.4 Å². The van der Waals surface area contributed by atoms with Gasteiger partial charge in [0.25, 0.3) is 5.92 Å². The van der Waals surface area contributed by atoms with E-state index in [1.165, 1.54) is 28.8 Å². The minimum Gasteiger partial charge on any atom is -0.355 e. The second-order valence-corrected chi connectivity index (χ2v) is 10.6. The van der Waals surface area contributed by atoms with Gasteiger partial charge in [0.05, 0.1) is 0 Å². The maximum Gasteiger partial charge on any atom is 0.270 e. The van der Waals surface area contributed by atoms with E-state index in [2.05, 4.69) is 79.2 Å². The zero-order chi connectivity index (χ0) is 30.2. The largest absolute Gasteiger partial charge is 0.355 e. The summed E-state index contributed by atoms with van der Waals surface area (Å²) in [7, 11) is 2.20. The molecule has 1 aliphatic carbocycles. The van der Waals surface area contributed by atoms with Gasteiger partial charge < -0.3 is 10.2 Å². The Bertz CT molecular complexity index is 1290. The molecule has 3 aromatic rings. The van der Waals surface area contributed by atoms with Crippen molar-refractivity contribution in [2.24, 2.45) is 0 Å². The van der Waals surface area contributed by atoms with Crippen molar-refractivity contribution in [2.75, 3.05) is 38.5 Å². The second-order valence-electron chi connectivity index (χ2n) is 10.6. The number of alkyl halides is 2. The van der Waals surface area contributed by atoms with E-state index in [1.807, 2.05) is 19.9 Å². The molecular weight excluding hydrogens is 512 g/mol. The van der Waals surface area contributed by atoms with Crippen molar-refractivity contribution >= 4 is 11.4 Å². The van der Waals surface area contributed by atoms with Crippen LogP contribution in [0.5, 0.6) is 0 Å². The average molecular weight is 560 g/mol. The molecule has 2 aliphatic rings. The molecule has 0 bridgehead atoms. The minimum atomic E-state index is -2.85. The number of fused-ring (bicyclic) bond motifs is 1. The Labute approximate surface area is 246 Å². The van der Waals surface area contributed by atoms with Crippen molar-refractivity contribution in [2.45, 2.75) is 58.9 Å². The van der Waals surface area contributed by atoms with Gasteiger partial charge in [-0.1, -0.05) is 75.9 Å². The molecule has 5 rings (SSSR count). The molecule has 0 saturated carbocycles. The molecule has 0 radical (unpaired) electrons. The summed E-state index contributed by atoms with van der Waals surface area (Å²) in [6, 6.07) is 20.1. The Hall–Kier alpha value is -3.28. The predicted octanol–water partition coefficient (Wildman–Crippen LogP) is 8.65.